The fraction of sp³-hybridized carbons (Fsp3) is 0.231. The van der Waals surface area contributed by atoms with Crippen LogP contribution in [0.3, 0.4) is 0 Å². The minimum absolute atomic E-state index is 0.374. The van der Waals surface area contributed by atoms with Crippen LogP contribution in [0.2, 0.25) is 0 Å². The Kier molecular flexibility index (Phi) is 4.47. The van der Waals surface area contributed by atoms with Gasteiger partial charge >= 0.3 is 5.63 Å². The minimum atomic E-state index is -0.374. The van der Waals surface area contributed by atoms with Crippen molar-refractivity contribution in [2.75, 3.05) is 0 Å². The van der Waals surface area contributed by atoms with Gasteiger partial charge in [0.25, 0.3) is 0 Å². The summed E-state index contributed by atoms with van der Waals surface area (Å²) in [6.07, 6.45) is 6.76. The topological polar surface area (TPSA) is 81.4 Å². The molecule has 0 unspecified atom stereocenters. The lowest BCUT2D eigenvalue weighted by atomic mass is 10.0. The molecule has 1 aliphatic carbocycles. The van der Waals surface area contributed by atoms with E-state index in [1.165, 1.54) is 17.2 Å². The van der Waals surface area contributed by atoms with Crippen LogP contribution in [0, 0.1) is 6.92 Å². The predicted molar refractivity (Wildman–Crippen MR) is 122 cm³/mol. The number of benzene rings is 1. The standard InChI is InChI=1S/C26H22N2O4/c1-15-26-20(18(13-28-15)12-27-14-19-6-3-7-30-19)10-24(32-26)22-11-25(29)31-23-9-17-5-2-4-16(17)8-21(22)23/h3,6-11,13,27H,2,4-5,12,14H2,1H3. The number of nitrogens with zero attached hydrogens (tertiary/aromatic N) is 1. The number of pyridine rings is 1. The Labute approximate surface area is 183 Å². The molecule has 6 nitrogen and oxygen atoms in total. The van der Waals surface area contributed by atoms with E-state index in [0.29, 0.717) is 24.4 Å². The van der Waals surface area contributed by atoms with Gasteiger partial charge in [0.2, 0.25) is 0 Å². The molecule has 0 amide bonds. The highest BCUT2D eigenvalue weighted by molar-refractivity contribution is 5.96. The fourth-order valence-electron chi connectivity index (χ4n) is 4.64. The Morgan fingerprint density at radius 2 is 1.91 bits per heavy atom. The first-order valence-corrected chi connectivity index (χ1v) is 10.9. The van der Waals surface area contributed by atoms with E-state index in [1.807, 2.05) is 37.4 Å². The maximum absolute atomic E-state index is 12.3. The van der Waals surface area contributed by atoms with Crippen molar-refractivity contribution >= 4 is 21.9 Å². The second kappa shape index (κ2) is 7.50. The molecular formula is C26H22N2O4. The molecule has 32 heavy (non-hydrogen) atoms. The second-order valence-corrected chi connectivity index (χ2v) is 8.35. The smallest absolute Gasteiger partial charge is 0.336 e. The van der Waals surface area contributed by atoms with E-state index in [4.69, 9.17) is 13.3 Å². The van der Waals surface area contributed by atoms with Crippen LogP contribution < -0.4 is 10.9 Å². The average molecular weight is 426 g/mol. The van der Waals surface area contributed by atoms with Crippen LogP contribution in [0.5, 0.6) is 0 Å². The Balaban J connectivity index is 1.44. The van der Waals surface area contributed by atoms with Crippen molar-refractivity contribution in [3.8, 4) is 11.3 Å². The maximum Gasteiger partial charge on any atom is 0.336 e. The van der Waals surface area contributed by atoms with Crippen LogP contribution in [-0.4, -0.2) is 4.98 Å². The molecule has 6 rings (SSSR count). The van der Waals surface area contributed by atoms with Crippen LogP contribution in [-0.2, 0) is 25.9 Å². The molecule has 1 N–H and O–H groups in total. The SMILES string of the molecule is Cc1ncc(CNCc2ccco2)c2cc(-c3cc(=O)oc4cc5c(cc34)CCC5)oc12. The molecule has 1 aromatic carbocycles. The van der Waals surface area contributed by atoms with E-state index >= 15 is 0 Å². The van der Waals surface area contributed by atoms with Gasteiger partial charge in [-0.15, -0.1) is 0 Å². The molecule has 0 bridgehead atoms. The van der Waals surface area contributed by atoms with Crippen LogP contribution in [0.4, 0.5) is 0 Å². The molecule has 0 radical (unpaired) electrons. The summed E-state index contributed by atoms with van der Waals surface area (Å²) < 4.78 is 17.2. The van der Waals surface area contributed by atoms with Crippen molar-refractivity contribution in [2.24, 2.45) is 0 Å². The van der Waals surface area contributed by atoms with Crippen molar-refractivity contribution < 1.29 is 13.3 Å². The molecule has 0 aliphatic heterocycles. The number of nitrogens with one attached hydrogen (secondary N) is 1. The first-order chi connectivity index (χ1) is 15.7. The number of aromatic nitrogens is 1. The van der Waals surface area contributed by atoms with Gasteiger partial charge in [-0.2, -0.15) is 0 Å². The lowest BCUT2D eigenvalue weighted by molar-refractivity contribution is 0.483. The molecule has 4 heterocycles. The summed E-state index contributed by atoms with van der Waals surface area (Å²) in [7, 11) is 0. The fourth-order valence-corrected chi connectivity index (χ4v) is 4.64. The van der Waals surface area contributed by atoms with E-state index in [1.54, 1.807) is 6.26 Å². The van der Waals surface area contributed by atoms with Gasteiger partial charge in [0.15, 0.2) is 5.58 Å². The Hall–Kier alpha value is -3.64. The van der Waals surface area contributed by atoms with E-state index in [2.05, 4.69) is 16.4 Å². The largest absolute Gasteiger partial charge is 0.468 e. The van der Waals surface area contributed by atoms with Crippen molar-refractivity contribution in [1.29, 1.82) is 0 Å². The summed E-state index contributed by atoms with van der Waals surface area (Å²) in [4.78, 5) is 16.9. The van der Waals surface area contributed by atoms with Crippen molar-refractivity contribution in [3.63, 3.8) is 0 Å². The third-order valence-electron chi connectivity index (χ3n) is 6.24. The molecule has 0 saturated carbocycles. The molecule has 1 aliphatic rings. The highest BCUT2D eigenvalue weighted by Crippen LogP contribution is 2.36. The minimum Gasteiger partial charge on any atom is -0.468 e. The Morgan fingerprint density at radius 1 is 1.03 bits per heavy atom. The molecular weight excluding hydrogens is 404 g/mol. The molecule has 0 saturated heterocycles. The van der Waals surface area contributed by atoms with Crippen LogP contribution in [0.15, 0.2) is 66.9 Å². The Bertz CT molecular complexity index is 1510. The number of hydrogen-bond donors (Lipinski definition) is 1. The summed E-state index contributed by atoms with van der Waals surface area (Å²) in [6.45, 7) is 3.18. The van der Waals surface area contributed by atoms with E-state index in [0.717, 1.165) is 58.2 Å². The van der Waals surface area contributed by atoms with Gasteiger partial charge in [-0.25, -0.2) is 4.79 Å². The quantitative estimate of drug-likeness (QED) is 0.385. The summed E-state index contributed by atoms with van der Waals surface area (Å²) >= 11 is 0. The van der Waals surface area contributed by atoms with Crippen LogP contribution in [0.25, 0.3) is 33.3 Å². The first kappa shape index (κ1) is 19.1. The van der Waals surface area contributed by atoms with Gasteiger partial charge in [0.1, 0.15) is 17.1 Å². The molecule has 6 heteroatoms. The third-order valence-corrected chi connectivity index (χ3v) is 6.24. The monoisotopic (exact) mass is 426 g/mol. The van der Waals surface area contributed by atoms with Gasteiger partial charge in [0.05, 0.1) is 18.5 Å². The van der Waals surface area contributed by atoms with Crippen LogP contribution >= 0.6 is 0 Å². The second-order valence-electron chi connectivity index (χ2n) is 8.35. The normalized spacial score (nSPS) is 13.3. The predicted octanol–water partition coefficient (Wildman–Crippen LogP) is 5.28. The molecule has 160 valence electrons. The van der Waals surface area contributed by atoms with Crippen LogP contribution in [0.1, 0.15) is 34.6 Å². The average Bonchev–Trinajstić information content (AvgIpc) is 3.54. The number of fused-ring (bicyclic) bond motifs is 3. The highest BCUT2D eigenvalue weighted by atomic mass is 16.4. The van der Waals surface area contributed by atoms with Gasteiger partial charge < -0.3 is 18.6 Å². The molecule has 0 atom stereocenters. The number of aryl methyl sites for hydroxylation is 3. The summed E-state index contributed by atoms with van der Waals surface area (Å²) in [5.74, 6) is 1.53. The van der Waals surface area contributed by atoms with Crippen molar-refractivity contribution in [2.45, 2.75) is 39.3 Å². The van der Waals surface area contributed by atoms with Gasteiger partial charge in [-0.3, -0.25) is 4.98 Å². The van der Waals surface area contributed by atoms with Gasteiger partial charge in [-0.1, -0.05) is 0 Å². The Morgan fingerprint density at radius 3 is 2.75 bits per heavy atom. The number of hydrogen-bond acceptors (Lipinski definition) is 6. The summed E-state index contributed by atoms with van der Waals surface area (Å²) in [5, 5.41) is 5.29. The lowest BCUT2D eigenvalue weighted by Gasteiger charge is -2.06. The molecule has 0 fully saturated rings. The van der Waals surface area contributed by atoms with Crippen molar-refractivity contribution in [1.82, 2.24) is 10.3 Å². The highest BCUT2D eigenvalue weighted by Gasteiger charge is 2.19. The van der Waals surface area contributed by atoms with E-state index < -0.39 is 0 Å². The first-order valence-electron chi connectivity index (χ1n) is 10.9. The van der Waals surface area contributed by atoms with Gasteiger partial charge in [-0.05, 0) is 73.2 Å². The number of furan rings is 2. The molecule has 5 aromatic rings. The third kappa shape index (κ3) is 3.24. The molecule has 0 spiro atoms. The number of rotatable bonds is 5. The lowest BCUT2D eigenvalue weighted by Crippen LogP contribution is -2.12. The zero-order valence-corrected chi connectivity index (χ0v) is 17.7. The summed E-state index contributed by atoms with van der Waals surface area (Å²) in [5.41, 5.74) is 6.17. The molecule has 4 aromatic heterocycles. The van der Waals surface area contributed by atoms with E-state index in [-0.39, 0.29) is 5.63 Å². The summed E-state index contributed by atoms with van der Waals surface area (Å²) in [6, 6.07) is 11.5. The van der Waals surface area contributed by atoms with Crippen molar-refractivity contribution in [3.05, 3.63) is 87.4 Å². The zero-order chi connectivity index (χ0) is 21.7. The maximum atomic E-state index is 12.3. The zero-order valence-electron chi connectivity index (χ0n) is 17.7. The van der Waals surface area contributed by atoms with Gasteiger partial charge in [0, 0.05) is 35.1 Å². The van der Waals surface area contributed by atoms with E-state index in [9.17, 15) is 4.79 Å².